The second-order valence-corrected chi connectivity index (χ2v) is 9.94. The van der Waals surface area contributed by atoms with Crippen LogP contribution in [-0.4, -0.2) is 51.0 Å². The zero-order valence-corrected chi connectivity index (χ0v) is 20.8. The number of rotatable bonds is 8. The number of allylic oxidation sites excluding steroid dienone is 6. The van der Waals surface area contributed by atoms with E-state index in [4.69, 9.17) is 0 Å². The minimum atomic E-state index is 0.629. The van der Waals surface area contributed by atoms with E-state index in [9.17, 15) is 0 Å². The summed E-state index contributed by atoms with van der Waals surface area (Å²) in [5.41, 5.74) is 5.04. The van der Waals surface area contributed by atoms with Gasteiger partial charge in [0, 0.05) is 36.0 Å². The summed E-state index contributed by atoms with van der Waals surface area (Å²) in [6.07, 6.45) is 18.6. The van der Waals surface area contributed by atoms with Crippen molar-refractivity contribution in [3.05, 3.63) is 91.0 Å². The highest BCUT2D eigenvalue weighted by atomic mass is 32.2. The zero-order valence-electron chi connectivity index (χ0n) is 19.9. The standard InChI is InChI=1S/C27H32N6S/c1-5-22(25-18-28-19-33(25)4)8-6-21-7-9-26(30-17-21)31-20(2)23-10-13-29-27(16-23)34-24-11-14-32(3)15-12-24/h5-6,8-10,13,16-19,24,31H,1-2,7,11-12,14-15H2,3-4H3/b21-6+,22-8+. The lowest BCUT2D eigenvalue weighted by Crippen LogP contribution is -2.31. The summed E-state index contributed by atoms with van der Waals surface area (Å²) in [4.78, 5) is 15.7. The van der Waals surface area contributed by atoms with Gasteiger partial charge in [-0.15, -0.1) is 11.8 Å². The van der Waals surface area contributed by atoms with Crippen LogP contribution in [0, 0.1) is 0 Å². The van der Waals surface area contributed by atoms with E-state index in [2.05, 4.69) is 69.7 Å². The number of nitrogens with zero attached hydrogens (tertiary/aromatic N) is 5. The predicted molar refractivity (Wildman–Crippen MR) is 143 cm³/mol. The van der Waals surface area contributed by atoms with Crippen LogP contribution in [0.2, 0.25) is 0 Å². The summed E-state index contributed by atoms with van der Waals surface area (Å²) in [6.45, 7) is 10.5. The van der Waals surface area contributed by atoms with E-state index < -0.39 is 0 Å². The normalized spacial score (nSPS) is 18.7. The number of hydrogen-bond acceptors (Lipinski definition) is 6. The molecule has 7 heteroatoms. The number of nitrogens with one attached hydrogen (secondary N) is 1. The van der Waals surface area contributed by atoms with Crippen molar-refractivity contribution in [1.82, 2.24) is 24.8 Å². The molecule has 0 atom stereocenters. The molecule has 1 fully saturated rings. The minimum Gasteiger partial charge on any atom is -0.340 e. The molecule has 34 heavy (non-hydrogen) atoms. The van der Waals surface area contributed by atoms with Crippen molar-refractivity contribution < 1.29 is 0 Å². The lowest BCUT2D eigenvalue weighted by molar-refractivity contribution is 0.282. The number of aryl methyl sites for hydroxylation is 1. The van der Waals surface area contributed by atoms with Crippen molar-refractivity contribution in [2.75, 3.05) is 20.1 Å². The molecule has 4 rings (SSSR count). The fraction of sp³-hybridized carbons (Fsp3) is 0.296. The molecule has 6 nitrogen and oxygen atoms in total. The van der Waals surface area contributed by atoms with Gasteiger partial charge in [0.2, 0.25) is 0 Å². The first-order valence-corrected chi connectivity index (χ1v) is 12.4. The van der Waals surface area contributed by atoms with Crippen LogP contribution >= 0.6 is 11.8 Å². The first-order valence-electron chi connectivity index (χ1n) is 11.5. The first kappa shape index (κ1) is 24.0. The van der Waals surface area contributed by atoms with Crippen LogP contribution in [0.3, 0.4) is 0 Å². The largest absolute Gasteiger partial charge is 0.340 e. The van der Waals surface area contributed by atoms with E-state index in [1.165, 1.54) is 12.8 Å². The number of piperidine rings is 1. The molecular weight excluding hydrogens is 440 g/mol. The molecule has 0 unspecified atom stereocenters. The molecule has 0 bridgehead atoms. The number of aliphatic imine (C=N–C) groups is 1. The molecule has 1 saturated heterocycles. The molecule has 1 N–H and O–H groups in total. The molecule has 2 aromatic rings. The van der Waals surface area contributed by atoms with E-state index in [0.29, 0.717) is 5.25 Å². The Labute approximate surface area is 206 Å². The Morgan fingerprint density at radius 2 is 2.09 bits per heavy atom. The molecule has 0 aromatic carbocycles. The van der Waals surface area contributed by atoms with Gasteiger partial charge in [-0.25, -0.2) is 15.0 Å². The van der Waals surface area contributed by atoms with Crippen LogP contribution in [-0.2, 0) is 7.05 Å². The maximum absolute atomic E-state index is 4.58. The summed E-state index contributed by atoms with van der Waals surface area (Å²) in [5.74, 6) is 0.808. The van der Waals surface area contributed by atoms with Crippen LogP contribution in [0.5, 0.6) is 0 Å². The van der Waals surface area contributed by atoms with Gasteiger partial charge in [0.05, 0.1) is 23.2 Å². The molecular formula is C27H32N6S. The summed E-state index contributed by atoms with van der Waals surface area (Å²) in [6, 6.07) is 4.11. The number of imidazole rings is 1. The second kappa shape index (κ2) is 11.3. The molecule has 2 aliphatic rings. The number of thioether (sulfide) groups is 1. The van der Waals surface area contributed by atoms with Gasteiger partial charge in [-0.05, 0) is 68.8 Å². The van der Waals surface area contributed by atoms with Gasteiger partial charge in [-0.1, -0.05) is 31.4 Å². The Kier molecular flexibility index (Phi) is 7.98. The summed E-state index contributed by atoms with van der Waals surface area (Å²) in [7, 11) is 4.16. The highest BCUT2D eigenvalue weighted by molar-refractivity contribution is 7.99. The fourth-order valence-electron chi connectivity index (χ4n) is 3.92. The van der Waals surface area contributed by atoms with Crippen molar-refractivity contribution in [2.45, 2.75) is 29.5 Å². The van der Waals surface area contributed by atoms with Crippen molar-refractivity contribution in [2.24, 2.45) is 12.0 Å². The van der Waals surface area contributed by atoms with Gasteiger partial charge < -0.3 is 14.8 Å². The number of hydrogen-bond donors (Lipinski definition) is 1. The second-order valence-electron chi connectivity index (χ2n) is 8.62. The molecule has 2 aromatic heterocycles. The predicted octanol–water partition coefficient (Wildman–Crippen LogP) is 5.07. The smallest absolute Gasteiger partial charge is 0.126 e. The summed E-state index contributed by atoms with van der Waals surface area (Å²) >= 11 is 1.88. The average Bonchev–Trinajstić information content (AvgIpc) is 3.28. The fourth-order valence-corrected chi connectivity index (χ4v) is 5.02. The van der Waals surface area contributed by atoms with Crippen molar-refractivity contribution in [1.29, 1.82) is 0 Å². The molecule has 0 saturated carbocycles. The van der Waals surface area contributed by atoms with Crippen molar-refractivity contribution in [3.63, 3.8) is 0 Å². The summed E-state index contributed by atoms with van der Waals surface area (Å²) in [5, 5.41) is 5.04. The van der Waals surface area contributed by atoms with E-state index in [1.807, 2.05) is 54.1 Å². The molecule has 0 amide bonds. The molecule has 0 radical (unpaired) electrons. The monoisotopic (exact) mass is 472 g/mol. The minimum absolute atomic E-state index is 0.629. The van der Waals surface area contributed by atoms with Gasteiger partial charge in [0.1, 0.15) is 5.82 Å². The maximum Gasteiger partial charge on any atom is 0.126 e. The van der Waals surface area contributed by atoms with Crippen molar-refractivity contribution >= 4 is 29.2 Å². The van der Waals surface area contributed by atoms with E-state index in [1.54, 1.807) is 6.33 Å². The molecule has 0 aliphatic carbocycles. The van der Waals surface area contributed by atoms with Gasteiger partial charge >= 0.3 is 0 Å². The van der Waals surface area contributed by atoms with Gasteiger partial charge in [0.25, 0.3) is 0 Å². The highest BCUT2D eigenvalue weighted by Crippen LogP contribution is 2.30. The lowest BCUT2D eigenvalue weighted by Gasteiger charge is -2.28. The van der Waals surface area contributed by atoms with Crippen LogP contribution < -0.4 is 5.32 Å². The lowest BCUT2D eigenvalue weighted by atomic mass is 10.1. The Morgan fingerprint density at radius 3 is 2.76 bits per heavy atom. The zero-order chi connectivity index (χ0) is 23.9. The number of aromatic nitrogens is 3. The van der Waals surface area contributed by atoms with E-state index in [-0.39, 0.29) is 0 Å². The topological polar surface area (TPSA) is 58.3 Å². The van der Waals surface area contributed by atoms with Crippen LogP contribution in [0.4, 0.5) is 0 Å². The van der Waals surface area contributed by atoms with E-state index >= 15 is 0 Å². The quantitative estimate of drug-likeness (QED) is 0.544. The highest BCUT2D eigenvalue weighted by Gasteiger charge is 2.18. The first-order chi connectivity index (χ1) is 16.5. The molecule has 2 aliphatic heterocycles. The maximum atomic E-state index is 4.58. The Bertz CT molecular complexity index is 1160. The average molecular weight is 473 g/mol. The third kappa shape index (κ3) is 6.24. The SMILES string of the molecule is C=C/C(=C\C=C1\C=NC(NC(=C)c2ccnc(SC3CCN(C)CC3)c2)=CC1)c1cncn1C. The molecule has 4 heterocycles. The van der Waals surface area contributed by atoms with Crippen molar-refractivity contribution in [3.8, 4) is 0 Å². The number of pyridine rings is 1. The van der Waals surface area contributed by atoms with E-state index in [0.717, 1.165) is 58.5 Å². The third-order valence-corrected chi connectivity index (χ3v) is 7.29. The Hall–Kier alpha value is -3.16. The number of likely N-dealkylation sites (tertiary alicyclic amines) is 1. The van der Waals surface area contributed by atoms with Gasteiger partial charge in [0.15, 0.2) is 0 Å². The Balaban J connectivity index is 1.34. The summed E-state index contributed by atoms with van der Waals surface area (Å²) < 4.78 is 1.98. The van der Waals surface area contributed by atoms with Crippen LogP contribution in [0.1, 0.15) is 30.5 Å². The molecule has 176 valence electrons. The molecule has 0 spiro atoms. The third-order valence-electron chi connectivity index (χ3n) is 6.03. The van der Waals surface area contributed by atoms with Gasteiger partial charge in [-0.2, -0.15) is 0 Å². The Morgan fingerprint density at radius 1 is 1.26 bits per heavy atom. The van der Waals surface area contributed by atoms with Crippen LogP contribution in [0.15, 0.2) is 89.7 Å². The van der Waals surface area contributed by atoms with Gasteiger partial charge in [-0.3, -0.25) is 0 Å². The van der Waals surface area contributed by atoms with Crippen LogP contribution in [0.25, 0.3) is 11.3 Å².